The molecule has 0 radical (unpaired) electrons. The highest BCUT2D eigenvalue weighted by molar-refractivity contribution is 5.73. The van der Waals surface area contributed by atoms with Crippen LogP contribution in [-0.2, 0) is 16.0 Å². The molecule has 0 N–H and O–H groups in total. The Bertz CT molecular complexity index is 1100. The molecule has 4 nitrogen and oxygen atoms in total. The van der Waals surface area contributed by atoms with Gasteiger partial charge < -0.3 is 9.47 Å². The average molecular weight is 468 g/mol. The van der Waals surface area contributed by atoms with Gasteiger partial charge in [0.25, 0.3) is 0 Å². The molecule has 2 atom stereocenters. The first-order valence-electron chi connectivity index (χ1n) is 12.2. The molecule has 0 amide bonds. The van der Waals surface area contributed by atoms with E-state index in [-0.39, 0.29) is 29.8 Å². The lowest BCUT2D eigenvalue weighted by molar-refractivity contribution is -0.139. The van der Waals surface area contributed by atoms with E-state index < -0.39 is 0 Å². The smallest absolute Gasteiger partial charge is 0.310 e. The van der Waals surface area contributed by atoms with Gasteiger partial charge in [-0.15, -0.1) is 0 Å². The molecule has 0 bridgehead atoms. The molecule has 1 heterocycles. The summed E-state index contributed by atoms with van der Waals surface area (Å²) in [5.41, 5.74) is 3.33. The van der Waals surface area contributed by atoms with E-state index in [1.54, 1.807) is 0 Å². The quantitative estimate of drug-likeness (QED) is 0.293. The number of allylic oxidation sites excluding steroid dienone is 1. The summed E-state index contributed by atoms with van der Waals surface area (Å²) in [4.78, 5) is 16.3. The van der Waals surface area contributed by atoms with Crippen molar-refractivity contribution in [1.29, 1.82) is 0 Å². The van der Waals surface area contributed by atoms with E-state index in [1.165, 1.54) is 18.2 Å². The molecule has 3 aromatic rings. The maximum absolute atomic E-state index is 11.8. The van der Waals surface area contributed by atoms with Crippen LogP contribution in [0, 0.1) is 5.41 Å². The largest absolute Gasteiger partial charge is 0.490 e. The molecule has 0 saturated heterocycles. The lowest BCUT2D eigenvalue weighted by Crippen LogP contribution is -2.25. The first kappa shape index (κ1) is 24.5. The molecule has 3 aromatic carbocycles. The summed E-state index contributed by atoms with van der Waals surface area (Å²) in [5, 5.41) is 0. The number of ether oxygens (including phenoxy) is 2. The van der Waals surface area contributed by atoms with Gasteiger partial charge in [0, 0.05) is 29.3 Å². The molecule has 4 heteroatoms. The molecule has 0 fully saturated rings. The monoisotopic (exact) mass is 467 g/mol. The minimum Gasteiger partial charge on any atom is -0.490 e. The number of esters is 1. The molecular weight excluding hydrogens is 434 g/mol. The summed E-state index contributed by atoms with van der Waals surface area (Å²) in [5.74, 6) is 0.734. The standard InChI is InChI=1S/C31H33NO3/c1-24(35-29-16-10-9-15-27(29)21-30(33)34-2)17-18-31(19-20-32-23-31)22-28(25-11-5-3-6-12-25)26-13-7-4-8-14-26/h3-16,19-20,23-24,28H,17-18,21-22H2,1-2H3. The molecule has 0 aromatic heterocycles. The number of aliphatic imine (C=N–C) groups is 1. The van der Waals surface area contributed by atoms with E-state index in [9.17, 15) is 4.79 Å². The van der Waals surface area contributed by atoms with Gasteiger partial charge in [-0.25, -0.2) is 0 Å². The van der Waals surface area contributed by atoms with E-state index in [1.807, 2.05) is 30.5 Å². The Balaban J connectivity index is 1.48. The fourth-order valence-electron chi connectivity index (χ4n) is 4.72. The Morgan fingerprint density at radius 3 is 2.14 bits per heavy atom. The van der Waals surface area contributed by atoms with Crippen LogP contribution in [0.5, 0.6) is 5.75 Å². The fourth-order valence-corrected chi connectivity index (χ4v) is 4.72. The van der Waals surface area contributed by atoms with E-state index in [4.69, 9.17) is 9.47 Å². The first-order chi connectivity index (χ1) is 17.1. The number of hydrogen-bond donors (Lipinski definition) is 0. The highest BCUT2D eigenvalue weighted by Gasteiger charge is 2.33. The second-order valence-corrected chi connectivity index (χ2v) is 9.23. The summed E-state index contributed by atoms with van der Waals surface area (Å²) in [6, 6.07) is 29.1. The van der Waals surface area contributed by atoms with E-state index in [0.717, 1.165) is 30.6 Å². The fraction of sp³-hybridized carbons (Fsp3) is 0.290. The van der Waals surface area contributed by atoms with Crippen molar-refractivity contribution >= 4 is 12.2 Å². The predicted molar refractivity (Wildman–Crippen MR) is 141 cm³/mol. The van der Waals surface area contributed by atoms with Crippen molar-refractivity contribution in [2.45, 2.75) is 44.6 Å². The third kappa shape index (κ3) is 6.48. The zero-order valence-corrected chi connectivity index (χ0v) is 20.5. The van der Waals surface area contributed by atoms with Gasteiger partial charge in [-0.05, 0) is 43.4 Å². The van der Waals surface area contributed by atoms with Crippen LogP contribution < -0.4 is 4.74 Å². The highest BCUT2D eigenvalue weighted by atomic mass is 16.5. The van der Waals surface area contributed by atoms with Gasteiger partial charge in [-0.2, -0.15) is 0 Å². The molecule has 35 heavy (non-hydrogen) atoms. The minimum absolute atomic E-state index is 0.0139. The van der Waals surface area contributed by atoms with Crippen LogP contribution in [0.3, 0.4) is 0 Å². The second-order valence-electron chi connectivity index (χ2n) is 9.23. The van der Waals surface area contributed by atoms with Crippen LogP contribution >= 0.6 is 0 Å². The topological polar surface area (TPSA) is 47.9 Å². The van der Waals surface area contributed by atoms with Crippen LogP contribution in [0.25, 0.3) is 0 Å². The zero-order valence-electron chi connectivity index (χ0n) is 20.5. The number of rotatable bonds is 11. The van der Waals surface area contributed by atoms with Crippen molar-refractivity contribution in [2.24, 2.45) is 10.4 Å². The second kappa shape index (κ2) is 11.7. The van der Waals surface area contributed by atoms with Gasteiger partial charge in [-0.1, -0.05) is 84.9 Å². The summed E-state index contributed by atoms with van der Waals surface area (Å²) in [6.07, 6.45) is 9.17. The SMILES string of the molecule is COC(=O)Cc1ccccc1OC(C)CCC1(CC(c2ccccc2)c2ccccc2)C=CN=C1. The Kier molecular flexibility index (Phi) is 8.15. The van der Waals surface area contributed by atoms with Gasteiger partial charge in [0.1, 0.15) is 5.75 Å². The lowest BCUT2D eigenvalue weighted by Gasteiger charge is -2.31. The maximum Gasteiger partial charge on any atom is 0.310 e. The van der Waals surface area contributed by atoms with E-state index in [2.05, 4.69) is 84.9 Å². The van der Waals surface area contributed by atoms with Gasteiger partial charge in [0.2, 0.25) is 0 Å². The van der Waals surface area contributed by atoms with Crippen LogP contribution in [0.1, 0.15) is 48.8 Å². The predicted octanol–water partition coefficient (Wildman–Crippen LogP) is 6.76. The molecule has 4 rings (SSSR count). The summed E-state index contributed by atoms with van der Waals surface area (Å²) in [7, 11) is 1.41. The van der Waals surface area contributed by atoms with Gasteiger partial charge in [0.05, 0.1) is 19.6 Å². The Morgan fingerprint density at radius 1 is 0.914 bits per heavy atom. The number of hydrogen-bond acceptors (Lipinski definition) is 4. The minimum atomic E-state index is -0.271. The number of carbonyl (C=O) groups is 1. The number of carbonyl (C=O) groups excluding carboxylic acids is 1. The molecule has 0 aliphatic carbocycles. The van der Waals surface area contributed by atoms with Gasteiger partial charge in [-0.3, -0.25) is 9.79 Å². The first-order valence-corrected chi connectivity index (χ1v) is 12.2. The van der Waals surface area contributed by atoms with Crippen LogP contribution in [0.4, 0.5) is 0 Å². The van der Waals surface area contributed by atoms with Crippen molar-refractivity contribution in [3.8, 4) is 5.75 Å². The Labute approximate surface area is 208 Å². The van der Waals surface area contributed by atoms with Crippen molar-refractivity contribution in [1.82, 2.24) is 0 Å². The molecule has 0 saturated carbocycles. The van der Waals surface area contributed by atoms with Crippen molar-refractivity contribution in [2.75, 3.05) is 7.11 Å². The maximum atomic E-state index is 11.8. The zero-order chi connectivity index (χ0) is 24.5. The normalized spacial score (nSPS) is 17.5. The Morgan fingerprint density at radius 2 is 1.54 bits per heavy atom. The molecule has 0 spiro atoms. The van der Waals surface area contributed by atoms with Crippen molar-refractivity contribution in [3.63, 3.8) is 0 Å². The lowest BCUT2D eigenvalue weighted by atomic mass is 9.73. The number of methoxy groups -OCH3 is 1. The Hall–Kier alpha value is -3.66. The molecule has 1 aliphatic heterocycles. The van der Waals surface area contributed by atoms with E-state index in [0.29, 0.717) is 0 Å². The van der Waals surface area contributed by atoms with Crippen molar-refractivity contribution in [3.05, 3.63) is 114 Å². The molecule has 180 valence electrons. The van der Waals surface area contributed by atoms with Crippen LogP contribution in [-0.4, -0.2) is 25.4 Å². The van der Waals surface area contributed by atoms with E-state index >= 15 is 0 Å². The average Bonchev–Trinajstić information content (AvgIpc) is 3.37. The van der Waals surface area contributed by atoms with Gasteiger partial charge >= 0.3 is 5.97 Å². The summed E-state index contributed by atoms with van der Waals surface area (Å²) < 4.78 is 11.1. The number of para-hydroxylation sites is 1. The summed E-state index contributed by atoms with van der Waals surface area (Å²) >= 11 is 0. The molecule has 1 aliphatic rings. The third-order valence-electron chi connectivity index (χ3n) is 6.69. The number of benzene rings is 3. The molecule has 2 unspecified atom stereocenters. The highest BCUT2D eigenvalue weighted by Crippen LogP contribution is 2.41. The van der Waals surface area contributed by atoms with Crippen LogP contribution in [0.2, 0.25) is 0 Å². The van der Waals surface area contributed by atoms with Crippen LogP contribution in [0.15, 0.2) is 102 Å². The summed E-state index contributed by atoms with van der Waals surface area (Å²) in [6.45, 7) is 2.09. The van der Waals surface area contributed by atoms with Gasteiger partial charge in [0.15, 0.2) is 0 Å². The number of nitrogens with zero attached hydrogens (tertiary/aromatic N) is 1. The molecular formula is C31H33NO3. The third-order valence-corrected chi connectivity index (χ3v) is 6.69. The van der Waals surface area contributed by atoms with Crippen molar-refractivity contribution < 1.29 is 14.3 Å².